The van der Waals surface area contributed by atoms with Gasteiger partial charge < -0.3 is 4.74 Å². The molecule has 0 fully saturated rings. The van der Waals surface area contributed by atoms with E-state index in [2.05, 4.69) is 67.7 Å². The van der Waals surface area contributed by atoms with E-state index in [9.17, 15) is 4.79 Å². The molecule has 2 aromatic rings. The zero-order chi connectivity index (χ0) is 24.6. The molecule has 1 amide bonds. The lowest BCUT2D eigenvalue weighted by Crippen LogP contribution is -2.28. The minimum atomic E-state index is 0.0732. The molecule has 0 saturated carbocycles. The molecule has 0 saturated heterocycles. The van der Waals surface area contributed by atoms with Gasteiger partial charge in [-0.3, -0.25) is 9.69 Å². The average Bonchev–Trinajstić information content (AvgIpc) is 2.88. The number of unbranched alkanes of at least 4 members (excludes halogenated alkanes) is 4. The van der Waals surface area contributed by atoms with Crippen LogP contribution in [0.1, 0.15) is 71.1 Å². The highest BCUT2D eigenvalue weighted by molar-refractivity contribution is 6.04. The second-order valence-electron chi connectivity index (χ2n) is 8.60. The second-order valence-corrected chi connectivity index (χ2v) is 8.60. The van der Waals surface area contributed by atoms with Gasteiger partial charge in [-0.2, -0.15) is 0 Å². The van der Waals surface area contributed by atoms with E-state index in [0.717, 1.165) is 43.5 Å². The maximum Gasteiger partial charge on any atom is 0.231 e. The Labute approximate surface area is 211 Å². The van der Waals surface area contributed by atoms with Gasteiger partial charge in [0.15, 0.2) is 11.5 Å². The summed E-state index contributed by atoms with van der Waals surface area (Å²) in [5.41, 5.74) is 1.54. The van der Waals surface area contributed by atoms with Crippen molar-refractivity contribution in [2.75, 3.05) is 4.90 Å². The third-order valence-electron chi connectivity index (χ3n) is 5.78. The Bertz CT molecular complexity index is 986. The Morgan fingerprint density at radius 1 is 0.771 bits per heavy atom. The van der Waals surface area contributed by atoms with Crippen LogP contribution in [0, 0.1) is 12.1 Å². The van der Waals surface area contributed by atoms with E-state index in [0.29, 0.717) is 17.9 Å². The van der Waals surface area contributed by atoms with Gasteiger partial charge >= 0.3 is 0 Å². The van der Waals surface area contributed by atoms with Crippen LogP contribution in [0.5, 0.6) is 11.5 Å². The maximum absolute atomic E-state index is 13.1. The lowest BCUT2D eigenvalue weighted by Gasteiger charge is -2.31. The number of anilines is 2. The molecular formula is C32H37NO2. The molecule has 0 atom stereocenters. The number of ether oxygens (including phenoxy) is 1. The van der Waals surface area contributed by atoms with Crippen molar-refractivity contribution in [2.45, 2.75) is 71.1 Å². The first-order chi connectivity index (χ1) is 17.3. The molecule has 3 rings (SSSR count). The van der Waals surface area contributed by atoms with Gasteiger partial charge in [0.2, 0.25) is 5.91 Å². The fourth-order valence-electron chi connectivity index (χ4n) is 3.91. The van der Waals surface area contributed by atoms with Crippen LogP contribution >= 0.6 is 0 Å². The van der Waals surface area contributed by atoms with Crippen LogP contribution in [-0.4, -0.2) is 5.91 Å². The monoisotopic (exact) mass is 467 g/mol. The smallest absolute Gasteiger partial charge is 0.231 e. The van der Waals surface area contributed by atoms with E-state index in [-0.39, 0.29) is 5.91 Å². The highest BCUT2D eigenvalue weighted by Gasteiger charge is 2.28. The zero-order valence-electron chi connectivity index (χ0n) is 20.9. The number of amides is 1. The minimum Gasteiger partial charge on any atom is -0.453 e. The summed E-state index contributed by atoms with van der Waals surface area (Å²) in [6.45, 7) is 2.24. The summed E-state index contributed by atoms with van der Waals surface area (Å²) in [7, 11) is 0. The van der Waals surface area contributed by atoms with Crippen molar-refractivity contribution in [3.8, 4) is 11.5 Å². The normalized spacial score (nSPS) is 13.1. The molecule has 182 valence electrons. The predicted molar refractivity (Wildman–Crippen MR) is 146 cm³/mol. The van der Waals surface area contributed by atoms with E-state index in [1.165, 1.54) is 25.7 Å². The third-order valence-corrected chi connectivity index (χ3v) is 5.78. The van der Waals surface area contributed by atoms with Crippen molar-refractivity contribution >= 4 is 17.3 Å². The average molecular weight is 468 g/mol. The third kappa shape index (κ3) is 8.75. The molecule has 3 heteroatoms. The zero-order valence-corrected chi connectivity index (χ0v) is 20.9. The largest absolute Gasteiger partial charge is 0.453 e. The standard InChI is InChI=1S/C32H37NO2/c1-2-3-4-5-6-7-8-9-10-11-12-13-14-15-16-17-18-27-32(34)33-28-23-19-21-25-30(28)35-31-26-22-20-24-29(31)33/h6-7,9-10,12-13,15-16,19-20,23-26H,2-5,8,11,14,17-18,27H2,1H3/b7-6-,10-9-,13-12-,16-15-. The quantitative estimate of drug-likeness (QED) is 0.205. The number of carbonyl (C=O) groups is 1. The van der Waals surface area contributed by atoms with E-state index < -0.39 is 0 Å². The topological polar surface area (TPSA) is 29.5 Å². The Balaban J connectivity index is 1.33. The van der Waals surface area contributed by atoms with Crippen LogP contribution in [-0.2, 0) is 4.79 Å². The van der Waals surface area contributed by atoms with Crippen molar-refractivity contribution in [2.24, 2.45) is 0 Å². The molecule has 0 spiro atoms. The van der Waals surface area contributed by atoms with Crippen molar-refractivity contribution < 1.29 is 9.53 Å². The van der Waals surface area contributed by atoms with Crippen LogP contribution < -0.4 is 9.64 Å². The van der Waals surface area contributed by atoms with E-state index >= 15 is 0 Å². The summed E-state index contributed by atoms with van der Waals surface area (Å²) in [5, 5.41) is 0. The molecule has 2 radical (unpaired) electrons. The first-order valence-corrected chi connectivity index (χ1v) is 12.9. The van der Waals surface area contributed by atoms with Gasteiger partial charge in [-0.05, 0) is 81.3 Å². The summed E-state index contributed by atoms with van der Waals surface area (Å²) < 4.78 is 5.92. The summed E-state index contributed by atoms with van der Waals surface area (Å²) >= 11 is 0. The molecule has 0 aliphatic carbocycles. The van der Waals surface area contributed by atoms with Gasteiger partial charge in [-0.15, -0.1) is 0 Å². The Morgan fingerprint density at radius 3 is 1.83 bits per heavy atom. The number of allylic oxidation sites excluding steroid dienone is 8. The summed E-state index contributed by atoms with van der Waals surface area (Å²) in [5.74, 6) is 1.37. The maximum atomic E-state index is 13.1. The number of benzene rings is 2. The molecular weight excluding hydrogens is 430 g/mol. The number of hydrogen-bond donors (Lipinski definition) is 0. The van der Waals surface area contributed by atoms with Gasteiger partial charge in [-0.1, -0.05) is 80.5 Å². The fraction of sp³-hybridized carbons (Fsp3) is 0.344. The number of rotatable bonds is 14. The molecule has 0 aromatic heterocycles. The van der Waals surface area contributed by atoms with Crippen LogP contribution in [0.15, 0.2) is 85.0 Å². The highest BCUT2D eigenvalue weighted by Crippen LogP contribution is 2.46. The van der Waals surface area contributed by atoms with Gasteiger partial charge in [0.05, 0.1) is 11.4 Å². The van der Waals surface area contributed by atoms with Crippen LogP contribution in [0.3, 0.4) is 0 Å². The fourth-order valence-corrected chi connectivity index (χ4v) is 3.91. The van der Waals surface area contributed by atoms with Gasteiger partial charge in [0.25, 0.3) is 0 Å². The van der Waals surface area contributed by atoms with Gasteiger partial charge in [-0.25, -0.2) is 0 Å². The van der Waals surface area contributed by atoms with Crippen molar-refractivity contribution in [3.63, 3.8) is 0 Å². The Hall–Kier alpha value is -3.33. The molecule has 1 heterocycles. The highest BCUT2D eigenvalue weighted by atomic mass is 16.5. The molecule has 0 bridgehead atoms. The van der Waals surface area contributed by atoms with Gasteiger partial charge in [0, 0.05) is 6.42 Å². The van der Waals surface area contributed by atoms with Crippen LogP contribution in [0.25, 0.3) is 0 Å². The summed E-state index contributed by atoms with van der Waals surface area (Å²) in [6.07, 6.45) is 28.0. The van der Waals surface area contributed by atoms with Crippen molar-refractivity contribution in [3.05, 3.63) is 97.1 Å². The lowest BCUT2D eigenvalue weighted by molar-refractivity contribution is -0.118. The Morgan fingerprint density at radius 2 is 1.29 bits per heavy atom. The molecule has 1 aliphatic rings. The molecule has 2 aromatic carbocycles. The SMILES string of the molecule is CCCCC/C=C\C/C=C\C/C=C\C/C=C\CCCC(=O)N1c2cc[c]cc2Oc2c[c]ccc21. The Kier molecular flexibility index (Phi) is 11.7. The van der Waals surface area contributed by atoms with Crippen LogP contribution in [0.4, 0.5) is 11.4 Å². The first-order valence-electron chi connectivity index (χ1n) is 12.9. The van der Waals surface area contributed by atoms with Crippen molar-refractivity contribution in [1.82, 2.24) is 0 Å². The van der Waals surface area contributed by atoms with Crippen LogP contribution in [0.2, 0.25) is 0 Å². The van der Waals surface area contributed by atoms with Crippen molar-refractivity contribution in [1.29, 1.82) is 0 Å². The number of fused-ring (bicyclic) bond motifs is 2. The number of carbonyl (C=O) groups excluding carboxylic acids is 1. The summed E-state index contributed by atoms with van der Waals surface area (Å²) in [6, 6.07) is 16.9. The van der Waals surface area contributed by atoms with E-state index in [4.69, 9.17) is 4.74 Å². The molecule has 1 aliphatic heterocycles. The van der Waals surface area contributed by atoms with E-state index in [1.54, 1.807) is 29.2 Å². The minimum absolute atomic E-state index is 0.0732. The second kappa shape index (κ2) is 15.5. The van der Waals surface area contributed by atoms with E-state index in [1.807, 2.05) is 12.1 Å². The molecule has 35 heavy (non-hydrogen) atoms. The summed E-state index contributed by atoms with van der Waals surface area (Å²) in [4.78, 5) is 14.9. The molecule has 3 nitrogen and oxygen atoms in total. The lowest BCUT2D eigenvalue weighted by atomic mass is 10.1. The van der Waals surface area contributed by atoms with Gasteiger partial charge in [0.1, 0.15) is 0 Å². The predicted octanol–water partition coefficient (Wildman–Crippen LogP) is 9.20. The first kappa shape index (κ1) is 26.3. The molecule has 0 unspecified atom stereocenters. The number of hydrogen-bond acceptors (Lipinski definition) is 2. The molecule has 0 N–H and O–H groups in total. The number of nitrogens with zero attached hydrogens (tertiary/aromatic N) is 1.